The van der Waals surface area contributed by atoms with Gasteiger partial charge in [-0.05, 0) is 49.6 Å². The average molecular weight is 449 g/mol. The van der Waals surface area contributed by atoms with Crippen LogP contribution in [0.2, 0.25) is 0 Å². The van der Waals surface area contributed by atoms with E-state index in [-0.39, 0.29) is 16.4 Å². The Labute approximate surface area is 181 Å². The van der Waals surface area contributed by atoms with Crippen LogP contribution in [0.15, 0.2) is 47.4 Å². The summed E-state index contributed by atoms with van der Waals surface area (Å²) in [4.78, 5) is 14.9. The molecule has 0 N–H and O–H groups in total. The van der Waals surface area contributed by atoms with Crippen LogP contribution in [0.3, 0.4) is 0 Å². The SMILES string of the molecule is O=[N+]([O-])c1ccc(N2CCCN(c3ccc(F)cc3)CC2)c(S(=O)(=O)N2CCCC2)c1. The molecule has 0 aromatic heterocycles. The minimum Gasteiger partial charge on any atom is -0.370 e. The molecule has 2 aromatic carbocycles. The molecule has 2 fully saturated rings. The number of halogens is 1. The molecule has 166 valence electrons. The van der Waals surface area contributed by atoms with Crippen LogP contribution >= 0.6 is 0 Å². The minimum atomic E-state index is -3.83. The van der Waals surface area contributed by atoms with E-state index in [1.807, 2.05) is 4.90 Å². The van der Waals surface area contributed by atoms with Crippen molar-refractivity contribution in [3.8, 4) is 0 Å². The van der Waals surface area contributed by atoms with E-state index < -0.39 is 14.9 Å². The van der Waals surface area contributed by atoms with Gasteiger partial charge in [-0.1, -0.05) is 0 Å². The van der Waals surface area contributed by atoms with E-state index in [1.54, 1.807) is 18.2 Å². The van der Waals surface area contributed by atoms with Crippen molar-refractivity contribution in [2.75, 3.05) is 49.1 Å². The molecular weight excluding hydrogens is 423 g/mol. The highest BCUT2D eigenvalue weighted by Crippen LogP contribution is 2.34. The molecule has 0 aliphatic carbocycles. The smallest absolute Gasteiger partial charge is 0.270 e. The number of sulfonamides is 1. The lowest BCUT2D eigenvalue weighted by Gasteiger charge is -2.27. The van der Waals surface area contributed by atoms with Gasteiger partial charge >= 0.3 is 0 Å². The van der Waals surface area contributed by atoms with Crippen LogP contribution in [0.4, 0.5) is 21.5 Å². The lowest BCUT2D eigenvalue weighted by Crippen LogP contribution is -2.33. The Morgan fingerprint density at radius 2 is 1.48 bits per heavy atom. The van der Waals surface area contributed by atoms with E-state index in [0.717, 1.165) is 31.5 Å². The summed E-state index contributed by atoms with van der Waals surface area (Å²) < 4.78 is 41.3. The minimum absolute atomic E-state index is 0.00108. The molecule has 0 saturated carbocycles. The van der Waals surface area contributed by atoms with E-state index in [0.29, 0.717) is 38.4 Å². The topological polar surface area (TPSA) is 87.0 Å². The van der Waals surface area contributed by atoms with Gasteiger partial charge in [0.2, 0.25) is 10.0 Å². The van der Waals surface area contributed by atoms with Crippen LogP contribution in [0.1, 0.15) is 19.3 Å². The van der Waals surface area contributed by atoms with Gasteiger partial charge in [0, 0.05) is 57.1 Å². The Balaban J connectivity index is 1.64. The molecular formula is C21H25FN4O4S. The van der Waals surface area contributed by atoms with Gasteiger partial charge in [0.15, 0.2) is 0 Å². The van der Waals surface area contributed by atoms with Crippen molar-refractivity contribution in [3.63, 3.8) is 0 Å². The Kier molecular flexibility index (Phi) is 6.10. The summed E-state index contributed by atoms with van der Waals surface area (Å²) in [5.41, 5.74) is 1.18. The van der Waals surface area contributed by atoms with E-state index in [1.165, 1.54) is 28.6 Å². The summed E-state index contributed by atoms with van der Waals surface area (Å²) in [5.74, 6) is -0.289. The highest BCUT2D eigenvalue weighted by Gasteiger charge is 2.32. The second-order valence-corrected chi connectivity index (χ2v) is 9.73. The number of nitro benzene ring substituents is 1. The summed E-state index contributed by atoms with van der Waals surface area (Å²) in [6.45, 7) is 3.43. The van der Waals surface area contributed by atoms with Crippen molar-refractivity contribution in [2.24, 2.45) is 0 Å². The first-order chi connectivity index (χ1) is 14.9. The predicted molar refractivity (Wildman–Crippen MR) is 117 cm³/mol. The van der Waals surface area contributed by atoms with Gasteiger partial charge in [0.25, 0.3) is 5.69 Å². The average Bonchev–Trinajstić information content (AvgIpc) is 3.20. The van der Waals surface area contributed by atoms with Gasteiger partial charge in [-0.2, -0.15) is 4.31 Å². The fourth-order valence-electron chi connectivity index (χ4n) is 4.22. The molecule has 0 unspecified atom stereocenters. The number of anilines is 2. The standard InChI is InChI=1S/C21H25FN4O4S/c22-17-4-6-18(7-5-17)23-10-3-11-24(15-14-23)20-9-8-19(26(27)28)16-21(20)31(29,30)25-12-1-2-13-25/h4-9,16H,1-3,10-15H2. The number of nitrogens with zero attached hydrogens (tertiary/aromatic N) is 4. The second-order valence-electron chi connectivity index (χ2n) is 7.82. The van der Waals surface area contributed by atoms with Crippen LogP contribution in [0.5, 0.6) is 0 Å². The number of hydrogen-bond acceptors (Lipinski definition) is 6. The van der Waals surface area contributed by atoms with Crippen molar-refractivity contribution in [1.82, 2.24) is 4.31 Å². The van der Waals surface area contributed by atoms with Gasteiger partial charge < -0.3 is 9.80 Å². The second kappa shape index (κ2) is 8.80. The number of nitro groups is 1. The first-order valence-electron chi connectivity index (χ1n) is 10.4. The zero-order valence-corrected chi connectivity index (χ0v) is 17.9. The van der Waals surface area contributed by atoms with Crippen LogP contribution in [0, 0.1) is 15.9 Å². The Morgan fingerprint density at radius 1 is 0.839 bits per heavy atom. The van der Waals surface area contributed by atoms with Crippen molar-refractivity contribution in [3.05, 3.63) is 58.4 Å². The molecule has 10 heteroatoms. The van der Waals surface area contributed by atoms with Crippen molar-refractivity contribution in [2.45, 2.75) is 24.2 Å². The molecule has 0 amide bonds. The molecule has 0 radical (unpaired) electrons. The maximum Gasteiger partial charge on any atom is 0.270 e. The maximum atomic E-state index is 13.3. The number of non-ortho nitro benzene ring substituents is 1. The quantitative estimate of drug-likeness (QED) is 0.516. The maximum absolute atomic E-state index is 13.3. The Morgan fingerprint density at radius 3 is 2.16 bits per heavy atom. The van der Waals surface area contributed by atoms with Gasteiger partial charge in [-0.25, -0.2) is 12.8 Å². The van der Waals surface area contributed by atoms with Gasteiger partial charge in [-0.3, -0.25) is 10.1 Å². The molecule has 2 aliphatic rings. The highest BCUT2D eigenvalue weighted by atomic mass is 32.2. The molecule has 0 atom stereocenters. The van der Waals surface area contributed by atoms with Gasteiger partial charge in [0.05, 0.1) is 10.6 Å². The van der Waals surface area contributed by atoms with Crippen LogP contribution in [-0.2, 0) is 10.0 Å². The molecule has 2 saturated heterocycles. The molecule has 31 heavy (non-hydrogen) atoms. The summed E-state index contributed by atoms with van der Waals surface area (Å²) in [5, 5.41) is 11.3. The van der Waals surface area contributed by atoms with E-state index in [9.17, 15) is 22.9 Å². The van der Waals surface area contributed by atoms with E-state index in [2.05, 4.69) is 4.90 Å². The normalized spacial score (nSPS) is 18.2. The third kappa shape index (κ3) is 4.49. The Bertz CT molecular complexity index is 1060. The number of rotatable bonds is 5. The molecule has 4 rings (SSSR count). The monoisotopic (exact) mass is 448 g/mol. The zero-order chi connectivity index (χ0) is 22.0. The third-order valence-electron chi connectivity index (χ3n) is 5.87. The summed E-state index contributed by atoms with van der Waals surface area (Å²) in [6, 6.07) is 10.4. The summed E-state index contributed by atoms with van der Waals surface area (Å²) >= 11 is 0. The van der Waals surface area contributed by atoms with Crippen LogP contribution < -0.4 is 9.80 Å². The molecule has 2 aliphatic heterocycles. The van der Waals surface area contributed by atoms with Crippen LogP contribution in [-0.4, -0.2) is 56.9 Å². The Hall–Kier alpha value is -2.72. The highest BCUT2D eigenvalue weighted by molar-refractivity contribution is 7.89. The largest absolute Gasteiger partial charge is 0.370 e. The fourth-order valence-corrected chi connectivity index (χ4v) is 5.97. The molecule has 0 bridgehead atoms. The zero-order valence-electron chi connectivity index (χ0n) is 17.1. The summed E-state index contributed by atoms with van der Waals surface area (Å²) in [6.07, 6.45) is 2.36. The lowest BCUT2D eigenvalue weighted by molar-refractivity contribution is -0.385. The van der Waals surface area contributed by atoms with Crippen molar-refractivity contribution in [1.29, 1.82) is 0 Å². The van der Waals surface area contributed by atoms with Crippen molar-refractivity contribution < 1.29 is 17.7 Å². The molecule has 8 nitrogen and oxygen atoms in total. The molecule has 2 aromatic rings. The van der Waals surface area contributed by atoms with Crippen molar-refractivity contribution >= 4 is 27.1 Å². The van der Waals surface area contributed by atoms with E-state index >= 15 is 0 Å². The molecule has 0 spiro atoms. The number of hydrogen-bond donors (Lipinski definition) is 0. The van der Waals surface area contributed by atoms with Gasteiger partial charge in [0.1, 0.15) is 10.7 Å². The predicted octanol–water partition coefficient (Wildman–Crippen LogP) is 3.24. The number of benzene rings is 2. The first kappa shape index (κ1) is 21.5. The summed E-state index contributed by atoms with van der Waals surface area (Å²) in [7, 11) is -3.83. The first-order valence-corrected chi connectivity index (χ1v) is 11.8. The van der Waals surface area contributed by atoms with E-state index in [4.69, 9.17) is 0 Å². The molecule has 2 heterocycles. The van der Waals surface area contributed by atoms with Crippen LogP contribution in [0.25, 0.3) is 0 Å². The van der Waals surface area contributed by atoms with Gasteiger partial charge in [-0.15, -0.1) is 0 Å². The third-order valence-corrected chi connectivity index (χ3v) is 7.79. The lowest BCUT2D eigenvalue weighted by atomic mass is 10.2. The fraction of sp³-hybridized carbons (Fsp3) is 0.429.